The highest BCUT2D eigenvalue weighted by atomic mass is 32.1. The summed E-state index contributed by atoms with van der Waals surface area (Å²) in [5, 5.41) is 13.2. The number of rotatable bonds is 8. The number of hydrogen-bond donors (Lipinski definition) is 1. The van der Waals surface area contributed by atoms with Gasteiger partial charge in [-0.15, -0.1) is 11.3 Å². The molecule has 0 aliphatic carbocycles. The average molecular weight is 505 g/mol. The van der Waals surface area contributed by atoms with E-state index in [-0.39, 0.29) is 30.9 Å². The number of para-hydroxylation sites is 1. The molecule has 1 aliphatic rings. The molecular weight excluding hydrogens is 476 g/mol. The van der Waals surface area contributed by atoms with Crippen molar-refractivity contribution >= 4 is 28.3 Å². The van der Waals surface area contributed by atoms with E-state index >= 15 is 0 Å². The molecule has 1 aromatic carbocycles. The van der Waals surface area contributed by atoms with Crippen LogP contribution < -0.4 is 10.1 Å². The van der Waals surface area contributed by atoms with E-state index in [1.54, 1.807) is 18.2 Å². The number of carbonyl (C=O) groups excluding carboxylic acids is 2. The third kappa shape index (κ3) is 5.83. The second-order valence-electron chi connectivity index (χ2n) is 8.57. The zero-order chi connectivity index (χ0) is 25.5. The van der Waals surface area contributed by atoms with Crippen LogP contribution in [0.1, 0.15) is 46.5 Å². The number of aromatic nitrogens is 1. The van der Waals surface area contributed by atoms with E-state index in [0.29, 0.717) is 36.5 Å². The normalized spacial score (nSPS) is 13.3. The maximum Gasteiger partial charge on any atom is 0.410 e. The number of hydrogen-bond acceptors (Lipinski definition) is 7. The summed E-state index contributed by atoms with van der Waals surface area (Å²) in [6, 6.07) is 15.5. The number of thiophene rings is 1. The smallest absolute Gasteiger partial charge is 0.410 e. The molecule has 0 saturated carbocycles. The first-order valence-corrected chi connectivity index (χ1v) is 12.6. The zero-order valence-electron chi connectivity index (χ0n) is 20.3. The molecule has 1 aliphatic heterocycles. The van der Waals surface area contributed by atoms with E-state index in [1.165, 1.54) is 11.3 Å². The van der Waals surface area contributed by atoms with Crippen molar-refractivity contribution in [1.82, 2.24) is 9.88 Å². The van der Waals surface area contributed by atoms with Gasteiger partial charge in [-0.2, -0.15) is 5.26 Å². The third-order valence-electron chi connectivity index (χ3n) is 6.15. The number of methoxy groups -OCH3 is 1. The molecule has 3 heterocycles. The molecule has 0 radical (unpaired) electrons. The van der Waals surface area contributed by atoms with E-state index in [4.69, 9.17) is 9.47 Å². The number of ether oxygens (including phenoxy) is 2. The third-order valence-corrected chi connectivity index (χ3v) is 7.28. The van der Waals surface area contributed by atoms with Crippen LogP contribution >= 0.6 is 11.3 Å². The molecule has 1 atom stereocenters. The summed E-state index contributed by atoms with van der Waals surface area (Å²) in [4.78, 5) is 32.2. The Labute approximate surface area is 214 Å². The molecule has 8 nitrogen and oxygen atoms in total. The standard InChI is InChI=1S/C27H28N4O4S/c1-18(20-8-3-4-9-23(20)34-2)15-25(32)30-26-22(16-28)21-10-13-31(17-24(21)36-26)27(33)35-14-11-19-7-5-6-12-29-19/h3-9,12,18H,10-11,13-15,17H2,1-2H3,(H,30,32)/t18-/m0/s1. The van der Waals surface area contributed by atoms with Gasteiger partial charge >= 0.3 is 6.09 Å². The molecule has 9 heteroatoms. The number of amides is 2. The average Bonchev–Trinajstić information content (AvgIpc) is 3.24. The number of benzene rings is 1. The Hall–Kier alpha value is -3.90. The molecule has 0 bridgehead atoms. The summed E-state index contributed by atoms with van der Waals surface area (Å²) in [6.07, 6.45) is 2.66. The van der Waals surface area contributed by atoms with Crippen molar-refractivity contribution in [3.05, 3.63) is 75.9 Å². The molecule has 2 amide bonds. The number of fused-ring (bicyclic) bond motifs is 1. The lowest BCUT2D eigenvalue weighted by Gasteiger charge is -2.26. The maximum absolute atomic E-state index is 12.8. The molecule has 0 spiro atoms. The van der Waals surface area contributed by atoms with Crippen molar-refractivity contribution in [2.24, 2.45) is 0 Å². The van der Waals surface area contributed by atoms with Crippen LogP contribution in [0.15, 0.2) is 48.7 Å². The van der Waals surface area contributed by atoms with Gasteiger partial charge in [0, 0.05) is 36.2 Å². The Bertz CT molecular complexity index is 1270. The van der Waals surface area contributed by atoms with Gasteiger partial charge in [0.1, 0.15) is 16.8 Å². The summed E-state index contributed by atoms with van der Waals surface area (Å²) in [5.74, 6) is 0.515. The van der Waals surface area contributed by atoms with Gasteiger partial charge in [-0.1, -0.05) is 31.2 Å². The Balaban J connectivity index is 1.36. The molecule has 1 N–H and O–H groups in total. The second kappa shape index (κ2) is 11.7. The number of nitrogens with zero attached hydrogens (tertiary/aromatic N) is 3. The molecule has 4 rings (SSSR count). The van der Waals surface area contributed by atoms with Crippen LogP contribution in [0.25, 0.3) is 0 Å². The summed E-state index contributed by atoms with van der Waals surface area (Å²) in [5.41, 5.74) is 3.20. The van der Waals surface area contributed by atoms with Crippen LogP contribution in [-0.2, 0) is 28.9 Å². The van der Waals surface area contributed by atoms with Gasteiger partial charge in [0.25, 0.3) is 0 Å². The van der Waals surface area contributed by atoms with Gasteiger partial charge in [-0.25, -0.2) is 4.79 Å². The fourth-order valence-corrected chi connectivity index (χ4v) is 5.52. The fourth-order valence-electron chi connectivity index (χ4n) is 4.29. The Morgan fingerprint density at radius 1 is 1.25 bits per heavy atom. The van der Waals surface area contributed by atoms with Gasteiger partial charge in [0.2, 0.25) is 5.91 Å². The van der Waals surface area contributed by atoms with Crippen LogP contribution in [0.4, 0.5) is 9.80 Å². The predicted molar refractivity (Wildman–Crippen MR) is 137 cm³/mol. The van der Waals surface area contributed by atoms with E-state index in [0.717, 1.165) is 27.4 Å². The largest absolute Gasteiger partial charge is 0.496 e. The van der Waals surface area contributed by atoms with E-state index in [1.807, 2.05) is 49.4 Å². The molecule has 0 fully saturated rings. The Morgan fingerprint density at radius 3 is 2.81 bits per heavy atom. The summed E-state index contributed by atoms with van der Waals surface area (Å²) in [6.45, 7) is 3.03. The fraction of sp³-hybridized carbons (Fsp3) is 0.333. The van der Waals surface area contributed by atoms with Crippen molar-refractivity contribution in [1.29, 1.82) is 5.26 Å². The number of nitriles is 1. The predicted octanol–water partition coefficient (Wildman–Crippen LogP) is 4.89. The van der Waals surface area contributed by atoms with Gasteiger partial charge < -0.3 is 19.7 Å². The number of anilines is 1. The van der Waals surface area contributed by atoms with Crippen molar-refractivity contribution in [3.8, 4) is 11.8 Å². The van der Waals surface area contributed by atoms with E-state index in [2.05, 4.69) is 16.4 Å². The zero-order valence-corrected chi connectivity index (χ0v) is 21.1. The topological polar surface area (TPSA) is 105 Å². The lowest BCUT2D eigenvalue weighted by molar-refractivity contribution is -0.116. The Kier molecular flexibility index (Phi) is 8.18. The monoisotopic (exact) mass is 504 g/mol. The molecule has 0 unspecified atom stereocenters. The first-order valence-electron chi connectivity index (χ1n) is 11.8. The van der Waals surface area contributed by atoms with E-state index < -0.39 is 0 Å². The lowest BCUT2D eigenvalue weighted by Crippen LogP contribution is -2.36. The minimum Gasteiger partial charge on any atom is -0.496 e. The minimum absolute atomic E-state index is 0.0578. The maximum atomic E-state index is 12.8. The summed E-state index contributed by atoms with van der Waals surface area (Å²) in [7, 11) is 1.61. The number of nitrogens with one attached hydrogen (secondary N) is 1. The van der Waals surface area contributed by atoms with Crippen LogP contribution in [0.2, 0.25) is 0 Å². The highest BCUT2D eigenvalue weighted by Crippen LogP contribution is 2.37. The molecule has 2 aromatic heterocycles. The molecule has 186 valence electrons. The SMILES string of the molecule is COc1ccccc1[C@@H](C)CC(=O)Nc1sc2c(c1C#N)CCN(C(=O)OCCc1ccccn1)C2. The van der Waals surface area contributed by atoms with Crippen LogP contribution in [0.3, 0.4) is 0 Å². The second-order valence-corrected chi connectivity index (χ2v) is 9.68. The van der Waals surface area contributed by atoms with Gasteiger partial charge in [-0.05, 0) is 41.7 Å². The van der Waals surface area contributed by atoms with Gasteiger partial charge in [0.05, 0.1) is 25.8 Å². The molecule has 36 heavy (non-hydrogen) atoms. The van der Waals surface area contributed by atoms with Crippen LogP contribution in [0, 0.1) is 11.3 Å². The number of carbonyl (C=O) groups is 2. The Morgan fingerprint density at radius 2 is 2.06 bits per heavy atom. The minimum atomic E-state index is -0.389. The summed E-state index contributed by atoms with van der Waals surface area (Å²) < 4.78 is 10.9. The highest BCUT2D eigenvalue weighted by molar-refractivity contribution is 7.16. The van der Waals surface area contributed by atoms with Crippen molar-refractivity contribution in [2.45, 2.75) is 38.6 Å². The van der Waals surface area contributed by atoms with Crippen molar-refractivity contribution in [2.75, 3.05) is 25.6 Å². The highest BCUT2D eigenvalue weighted by Gasteiger charge is 2.28. The first kappa shape index (κ1) is 25.2. The molecule has 0 saturated heterocycles. The quantitative estimate of drug-likeness (QED) is 0.468. The number of pyridine rings is 1. The molecular formula is C27H28N4O4S. The van der Waals surface area contributed by atoms with Crippen molar-refractivity contribution in [3.63, 3.8) is 0 Å². The van der Waals surface area contributed by atoms with Crippen molar-refractivity contribution < 1.29 is 19.1 Å². The van der Waals surface area contributed by atoms with Gasteiger partial charge in [-0.3, -0.25) is 9.78 Å². The van der Waals surface area contributed by atoms with Crippen LogP contribution in [-0.4, -0.2) is 42.1 Å². The van der Waals surface area contributed by atoms with Gasteiger partial charge in [0.15, 0.2) is 0 Å². The van der Waals surface area contributed by atoms with E-state index in [9.17, 15) is 14.9 Å². The summed E-state index contributed by atoms with van der Waals surface area (Å²) >= 11 is 1.35. The van der Waals surface area contributed by atoms with Crippen LogP contribution in [0.5, 0.6) is 5.75 Å². The first-order chi connectivity index (χ1) is 17.5. The lowest BCUT2D eigenvalue weighted by atomic mass is 9.96. The molecule has 3 aromatic rings.